The SMILES string of the molecule is O=C(Nc1cn[nH]c1-c1nc2c(-c3cccc(F)c3)cncc2[nH]1)C(F)(F)F. The van der Waals surface area contributed by atoms with Crippen LogP contribution in [0.5, 0.6) is 0 Å². The zero-order valence-electron chi connectivity index (χ0n) is 13.8. The molecule has 7 nitrogen and oxygen atoms in total. The van der Waals surface area contributed by atoms with Crippen LogP contribution in [0.3, 0.4) is 0 Å². The predicted molar refractivity (Wildman–Crippen MR) is 91.5 cm³/mol. The third-order valence-corrected chi connectivity index (χ3v) is 3.91. The van der Waals surface area contributed by atoms with E-state index in [1.165, 1.54) is 30.6 Å². The highest BCUT2D eigenvalue weighted by atomic mass is 19.4. The van der Waals surface area contributed by atoms with Gasteiger partial charge in [0.25, 0.3) is 0 Å². The van der Waals surface area contributed by atoms with Gasteiger partial charge in [-0.25, -0.2) is 9.37 Å². The van der Waals surface area contributed by atoms with Crippen molar-refractivity contribution in [2.24, 2.45) is 0 Å². The number of nitrogens with zero attached hydrogens (tertiary/aromatic N) is 3. The molecule has 3 N–H and O–H groups in total. The molecule has 28 heavy (non-hydrogen) atoms. The number of halogens is 4. The van der Waals surface area contributed by atoms with E-state index in [1.54, 1.807) is 11.4 Å². The maximum atomic E-state index is 13.6. The summed E-state index contributed by atoms with van der Waals surface area (Å²) in [7, 11) is 0. The summed E-state index contributed by atoms with van der Waals surface area (Å²) < 4.78 is 51.1. The van der Waals surface area contributed by atoms with Crippen molar-refractivity contribution >= 4 is 22.6 Å². The molecule has 0 unspecified atom stereocenters. The van der Waals surface area contributed by atoms with Crippen LogP contribution >= 0.6 is 0 Å². The van der Waals surface area contributed by atoms with Gasteiger partial charge in [0, 0.05) is 11.8 Å². The molecule has 0 saturated heterocycles. The average Bonchev–Trinajstić information content (AvgIpc) is 3.26. The van der Waals surface area contributed by atoms with E-state index >= 15 is 0 Å². The first-order valence-corrected chi connectivity index (χ1v) is 7.84. The molecule has 0 fully saturated rings. The van der Waals surface area contributed by atoms with E-state index in [1.807, 2.05) is 0 Å². The van der Waals surface area contributed by atoms with Crippen molar-refractivity contribution in [2.45, 2.75) is 6.18 Å². The number of hydrogen-bond acceptors (Lipinski definition) is 4. The van der Waals surface area contributed by atoms with Crippen LogP contribution < -0.4 is 5.32 Å². The van der Waals surface area contributed by atoms with Crippen molar-refractivity contribution in [3.05, 3.63) is 48.7 Å². The van der Waals surface area contributed by atoms with E-state index in [2.05, 4.69) is 25.1 Å². The van der Waals surface area contributed by atoms with Crippen molar-refractivity contribution in [3.63, 3.8) is 0 Å². The van der Waals surface area contributed by atoms with Gasteiger partial charge in [-0.3, -0.25) is 14.9 Å². The Morgan fingerprint density at radius 1 is 1.14 bits per heavy atom. The van der Waals surface area contributed by atoms with E-state index < -0.39 is 17.9 Å². The van der Waals surface area contributed by atoms with Crippen molar-refractivity contribution in [1.29, 1.82) is 0 Å². The van der Waals surface area contributed by atoms with Crippen LogP contribution in [0, 0.1) is 5.82 Å². The Bertz CT molecular complexity index is 1180. The van der Waals surface area contributed by atoms with Gasteiger partial charge in [-0.15, -0.1) is 0 Å². The normalized spacial score (nSPS) is 11.7. The van der Waals surface area contributed by atoms with Crippen LogP contribution in [0.4, 0.5) is 23.2 Å². The molecule has 0 bridgehead atoms. The Morgan fingerprint density at radius 3 is 2.71 bits per heavy atom. The standard InChI is InChI=1S/C17H10F4N6O/c18-9-3-1-2-8(4-9)10-5-22-6-11-13(10)26-15(24-11)14-12(7-23-27-14)25-16(28)17(19,20)21/h1-7H,(H,23,27)(H,24,26)(H,25,28). The smallest absolute Gasteiger partial charge is 0.335 e. The molecule has 11 heteroatoms. The Kier molecular flexibility index (Phi) is 4.06. The number of anilines is 1. The van der Waals surface area contributed by atoms with Gasteiger partial charge in [0.05, 0.1) is 29.1 Å². The predicted octanol–water partition coefficient (Wildman–Crippen LogP) is 3.65. The first kappa shape index (κ1) is 17.6. The molecule has 1 amide bonds. The van der Waals surface area contributed by atoms with Crippen molar-refractivity contribution < 1.29 is 22.4 Å². The maximum Gasteiger partial charge on any atom is 0.471 e. The topological polar surface area (TPSA) is 99.3 Å². The molecule has 0 aliphatic rings. The second-order valence-corrected chi connectivity index (χ2v) is 5.79. The summed E-state index contributed by atoms with van der Waals surface area (Å²) in [6.45, 7) is 0. The number of nitrogens with one attached hydrogen (secondary N) is 3. The molecule has 4 rings (SSSR count). The Balaban J connectivity index is 1.77. The van der Waals surface area contributed by atoms with Gasteiger partial charge >= 0.3 is 12.1 Å². The highest BCUT2D eigenvalue weighted by Crippen LogP contribution is 2.31. The minimum absolute atomic E-state index is 0.0546. The summed E-state index contributed by atoms with van der Waals surface area (Å²) in [5.74, 6) is -2.43. The fourth-order valence-corrected chi connectivity index (χ4v) is 2.67. The fraction of sp³-hybridized carbons (Fsp3) is 0.0588. The maximum absolute atomic E-state index is 13.6. The monoisotopic (exact) mass is 390 g/mol. The van der Waals surface area contributed by atoms with Crippen LogP contribution in [0.25, 0.3) is 33.7 Å². The Morgan fingerprint density at radius 2 is 1.96 bits per heavy atom. The van der Waals surface area contributed by atoms with Crippen LogP contribution in [-0.4, -0.2) is 37.2 Å². The molecule has 0 radical (unpaired) electrons. The molecule has 1 aromatic carbocycles. The molecule has 0 saturated carbocycles. The second-order valence-electron chi connectivity index (χ2n) is 5.79. The number of carbonyl (C=O) groups excluding carboxylic acids is 1. The van der Waals surface area contributed by atoms with Gasteiger partial charge in [0.2, 0.25) is 0 Å². The number of hydrogen-bond donors (Lipinski definition) is 3. The number of pyridine rings is 1. The minimum atomic E-state index is -5.04. The number of fused-ring (bicyclic) bond motifs is 1. The number of aromatic amines is 2. The van der Waals surface area contributed by atoms with Gasteiger partial charge in [-0.1, -0.05) is 12.1 Å². The molecule has 4 aromatic rings. The Hall–Kier alpha value is -3.76. The number of alkyl halides is 3. The van der Waals surface area contributed by atoms with Crippen molar-refractivity contribution in [2.75, 3.05) is 5.32 Å². The lowest BCUT2D eigenvalue weighted by atomic mass is 10.1. The number of carbonyl (C=O) groups is 1. The molecule has 0 spiro atoms. The molecular formula is C17H10F4N6O. The molecule has 0 aliphatic carbocycles. The van der Waals surface area contributed by atoms with Gasteiger partial charge < -0.3 is 10.3 Å². The van der Waals surface area contributed by atoms with Gasteiger partial charge in [-0.05, 0) is 17.7 Å². The number of imidazole rings is 1. The van der Waals surface area contributed by atoms with Crippen molar-refractivity contribution in [1.82, 2.24) is 25.1 Å². The molecular weight excluding hydrogens is 380 g/mol. The van der Waals surface area contributed by atoms with E-state index in [9.17, 15) is 22.4 Å². The highest BCUT2D eigenvalue weighted by Gasteiger charge is 2.39. The minimum Gasteiger partial charge on any atom is -0.335 e. The number of amides is 1. The highest BCUT2D eigenvalue weighted by molar-refractivity contribution is 5.98. The summed E-state index contributed by atoms with van der Waals surface area (Å²) in [5.41, 5.74) is 1.82. The summed E-state index contributed by atoms with van der Waals surface area (Å²) in [6.07, 6.45) is -1.03. The van der Waals surface area contributed by atoms with E-state index in [0.29, 0.717) is 22.2 Å². The van der Waals surface area contributed by atoms with Crippen LogP contribution in [0.15, 0.2) is 42.9 Å². The quantitative estimate of drug-likeness (QED) is 0.465. The Labute approximate surface area is 153 Å². The first-order valence-electron chi connectivity index (χ1n) is 7.84. The lowest BCUT2D eigenvalue weighted by molar-refractivity contribution is -0.167. The van der Waals surface area contributed by atoms with Gasteiger partial charge in [0.15, 0.2) is 5.82 Å². The van der Waals surface area contributed by atoms with Gasteiger partial charge in [0.1, 0.15) is 11.5 Å². The van der Waals surface area contributed by atoms with Crippen LogP contribution in [0.1, 0.15) is 0 Å². The van der Waals surface area contributed by atoms with E-state index in [-0.39, 0.29) is 17.2 Å². The molecule has 3 heterocycles. The fourth-order valence-electron chi connectivity index (χ4n) is 2.67. The van der Waals surface area contributed by atoms with Crippen LogP contribution in [0.2, 0.25) is 0 Å². The first-order chi connectivity index (χ1) is 13.3. The number of H-pyrrole nitrogens is 2. The number of aromatic nitrogens is 5. The number of benzene rings is 1. The lowest BCUT2D eigenvalue weighted by Gasteiger charge is -2.06. The third kappa shape index (κ3) is 3.17. The number of rotatable bonds is 3. The molecule has 142 valence electrons. The summed E-state index contributed by atoms with van der Waals surface area (Å²) in [6, 6.07) is 5.83. The lowest BCUT2D eigenvalue weighted by Crippen LogP contribution is -2.30. The average molecular weight is 390 g/mol. The molecule has 0 aliphatic heterocycles. The summed E-state index contributed by atoms with van der Waals surface area (Å²) in [5, 5.41) is 7.91. The second kappa shape index (κ2) is 6.44. The molecule has 3 aromatic heterocycles. The van der Waals surface area contributed by atoms with Gasteiger partial charge in [-0.2, -0.15) is 18.3 Å². The van der Waals surface area contributed by atoms with E-state index in [4.69, 9.17) is 0 Å². The zero-order valence-corrected chi connectivity index (χ0v) is 13.8. The molecule has 0 atom stereocenters. The zero-order chi connectivity index (χ0) is 19.9. The summed E-state index contributed by atoms with van der Waals surface area (Å²) >= 11 is 0. The van der Waals surface area contributed by atoms with Crippen LogP contribution in [-0.2, 0) is 4.79 Å². The summed E-state index contributed by atoms with van der Waals surface area (Å²) in [4.78, 5) is 22.6. The largest absolute Gasteiger partial charge is 0.471 e. The third-order valence-electron chi connectivity index (χ3n) is 3.91. The van der Waals surface area contributed by atoms with Crippen molar-refractivity contribution in [3.8, 4) is 22.6 Å². The van der Waals surface area contributed by atoms with E-state index in [0.717, 1.165) is 6.20 Å².